The van der Waals surface area contributed by atoms with Gasteiger partial charge in [0.1, 0.15) is 11.8 Å². The first-order valence-corrected chi connectivity index (χ1v) is 5.91. The largest absolute Gasteiger partial charge is 0.511 e. The zero-order chi connectivity index (χ0) is 13.9. The van der Waals surface area contributed by atoms with Gasteiger partial charge in [0.15, 0.2) is 0 Å². The fraction of sp³-hybridized carbons (Fsp3) is 0.667. The average Bonchev–Trinajstić information content (AvgIpc) is 2.63. The van der Waals surface area contributed by atoms with E-state index < -0.39 is 12.1 Å². The summed E-state index contributed by atoms with van der Waals surface area (Å²) in [5.41, 5.74) is 0. The summed E-state index contributed by atoms with van der Waals surface area (Å²) in [4.78, 5) is 25.1. The second-order valence-electron chi connectivity index (χ2n) is 4.72. The Hall–Kier alpha value is -1.72. The van der Waals surface area contributed by atoms with Crippen molar-refractivity contribution in [1.82, 2.24) is 10.2 Å². The lowest BCUT2D eigenvalue weighted by molar-refractivity contribution is -0.134. The number of aliphatic hydroxyl groups excluding tert-OH is 1. The number of carbonyl (C=O) groups is 2. The van der Waals surface area contributed by atoms with Gasteiger partial charge in [-0.2, -0.15) is 0 Å². The molecule has 0 saturated heterocycles. The first kappa shape index (κ1) is 14.3. The predicted molar refractivity (Wildman–Crippen MR) is 66.1 cm³/mol. The molecule has 0 spiro atoms. The van der Waals surface area contributed by atoms with Gasteiger partial charge in [0.25, 0.3) is 0 Å². The molecule has 2 amide bonds. The van der Waals surface area contributed by atoms with Gasteiger partial charge in [-0.1, -0.05) is 13.8 Å². The van der Waals surface area contributed by atoms with Crippen molar-refractivity contribution >= 4 is 12.0 Å². The molecule has 6 heteroatoms. The summed E-state index contributed by atoms with van der Waals surface area (Å²) in [5, 5.41) is 11.9. The quantitative estimate of drug-likeness (QED) is 0.790. The summed E-state index contributed by atoms with van der Waals surface area (Å²) in [7, 11) is 1.25. The predicted octanol–water partition coefficient (Wildman–Crippen LogP) is 1.04. The number of hydrogen-bond donors (Lipinski definition) is 2. The van der Waals surface area contributed by atoms with E-state index in [0.29, 0.717) is 0 Å². The molecular weight excluding hydrogens is 236 g/mol. The van der Waals surface area contributed by atoms with Gasteiger partial charge in [-0.3, -0.25) is 4.79 Å². The second-order valence-corrected chi connectivity index (χ2v) is 4.72. The normalized spacial score (nSPS) is 20.6. The van der Waals surface area contributed by atoms with Crippen molar-refractivity contribution in [3.8, 4) is 0 Å². The van der Waals surface area contributed by atoms with Crippen LogP contribution in [0.25, 0.3) is 0 Å². The van der Waals surface area contributed by atoms with Crippen LogP contribution in [0.3, 0.4) is 0 Å². The van der Waals surface area contributed by atoms with E-state index in [4.69, 9.17) is 0 Å². The van der Waals surface area contributed by atoms with Gasteiger partial charge < -0.3 is 20.1 Å². The van der Waals surface area contributed by atoms with Gasteiger partial charge in [0.05, 0.1) is 19.7 Å². The lowest BCUT2D eigenvalue weighted by Gasteiger charge is -2.28. The van der Waals surface area contributed by atoms with Crippen molar-refractivity contribution in [3.05, 3.63) is 11.8 Å². The number of hydrogen-bond acceptors (Lipinski definition) is 4. The molecule has 0 radical (unpaired) electrons. The third kappa shape index (κ3) is 3.15. The minimum absolute atomic E-state index is 0.0634. The van der Waals surface area contributed by atoms with Crippen molar-refractivity contribution in [3.63, 3.8) is 0 Å². The van der Waals surface area contributed by atoms with E-state index in [-0.39, 0.29) is 30.2 Å². The third-order valence-corrected chi connectivity index (χ3v) is 2.93. The van der Waals surface area contributed by atoms with Gasteiger partial charge in [-0.15, -0.1) is 0 Å². The van der Waals surface area contributed by atoms with Crippen molar-refractivity contribution in [2.75, 3.05) is 13.7 Å². The highest BCUT2D eigenvalue weighted by atomic mass is 16.5. The zero-order valence-electron chi connectivity index (χ0n) is 11.1. The van der Waals surface area contributed by atoms with Crippen LogP contribution in [0.15, 0.2) is 11.8 Å². The SMILES string of the molecule is COC(=O)NC(C(=O)N1CC(O)=CC1C)C(C)C. The molecule has 0 aromatic heterocycles. The smallest absolute Gasteiger partial charge is 0.407 e. The Morgan fingerprint density at radius 2 is 2.17 bits per heavy atom. The van der Waals surface area contributed by atoms with Crippen LogP contribution < -0.4 is 5.32 Å². The molecule has 0 saturated carbocycles. The molecule has 18 heavy (non-hydrogen) atoms. The molecule has 2 N–H and O–H groups in total. The monoisotopic (exact) mass is 256 g/mol. The number of rotatable bonds is 3. The molecule has 1 rings (SSSR count). The van der Waals surface area contributed by atoms with Gasteiger partial charge in [0.2, 0.25) is 5.91 Å². The van der Waals surface area contributed by atoms with E-state index in [9.17, 15) is 14.7 Å². The summed E-state index contributed by atoms with van der Waals surface area (Å²) < 4.78 is 4.51. The maximum absolute atomic E-state index is 12.3. The molecule has 0 fully saturated rings. The summed E-state index contributed by atoms with van der Waals surface area (Å²) in [6.07, 6.45) is 0.985. The van der Waals surface area contributed by atoms with Crippen LogP contribution in [0, 0.1) is 5.92 Å². The number of nitrogens with zero attached hydrogens (tertiary/aromatic N) is 1. The number of nitrogens with one attached hydrogen (secondary N) is 1. The molecule has 6 nitrogen and oxygen atoms in total. The summed E-state index contributed by atoms with van der Waals surface area (Å²) >= 11 is 0. The minimum Gasteiger partial charge on any atom is -0.511 e. The lowest BCUT2D eigenvalue weighted by Crippen LogP contribution is -2.52. The maximum atomic E-state index is 12.3. The Bertz CT molecular complexity index is 365. The highest BCUT2D eigenvalue weighted by molar-refractivity contribution is 5.86. The summed E-state index contributed by atoms with van der Waals surface area (Å²) in [6, 6.07) is -0.822. The molecule has 0 aliphatic carbocycles. The molecule has 0 aromatic carbocycles. The van der Waals surface area contributed by atoms with Crippen molar-refractivity contribution in [1.29, 1.82) is 0 Å². The lowest BCUT2D eigenvalue weighted by atomic mass is 10.0. The van der Waals surface area contributed by atoms with E-state index in [2.05, 4.69) is 10.1 Å². The Morgan fingerprint density at radius 1 is 1.56 bits per heavy atom. The standard InChI is InChI=1S/C12H20N2O4/c1-7(2)10(13-12(17)18-4)11(16)14-6-9(15)5-8(14)3/h5,7-8,10,15H,6H2,1-4H3,(H,13,17). The number of alkyl carbamates (subject to hydrolysis) is 1. The maximum Gasteiger partial charge on any atom is 0.407 e. The first-order valence-electron chi connectivity index (χ1n) is 5.91. The Balaban J connectivity index is 2.75. The van der Waals surface area contributed by atoms with Gasteiger partial charge in [-0.25, -0.2) is 4.79 Å². The van der Waals surface area contributed by atoms with Crippen LogP contribution in [0.1, 0.15) is 20.8 Å². The van der Waals surface area contributed by atoms with E-state index in [1.54, 1.807) is 6.08 Å². The molecular formula is C12H20N2O4. The molecule has 0 aromatic rings. The Kier molecular flexibility index (Phi) is 4.58. The fourth-order valence-corrected chi connectivity index (χ4v) is 1.90. The molecule has 1 aliphatic heterocycles. The van der Waals surface area contributed by atoms with Crippen molar-refractivity contribution in [2.24, 2.45) is 5.92 Å². The Labute approximate surface area is 107 Å². The van der Waals surface area contributed by atoms with Crippen LogP contribution in [-0.2, 0) is 9.53 Å². The highest BCUT2D eigenvalue weighted by Crippen LogP contribution is 2.17. The average molecular weight is 256 g/mol. The van der Waals surface area contributed by atoms with Crippen LogP contribution in [0.4, 0.5) is 4.79 Å². The topological polar surface area (TPSA) is 78.9 Å². The van der Waals surface area contributed by atoms with E-state index in [1.807, 2.05) is 20.8 Å². The van der Waals surface area contributed by atoms with Crippen LogP contribution >= 0.6 is 0 Å². The molecule has 102 valence electrons. The molecule has 1 heterocycles. The first-order chi connectivity index (χ1) is 8.36. The second kappa shape index (κ2) is 5.75. The Morgan fingerprint density at radius 3 is 2.56 bits per heavy atom. The number of methoxy groups -OCH3 is 1. The molecule has 2 atom stereocenters. The molecule has 1 aliphatic rings. The summed E-state index contributed by atoms with van der Waals surface area (Å²) in [5.74, 6) is -0.105. The van der Waals surface area contributed by atoms with Crippen LogP contribution in [-0.4, -0.2) is 47.7 Å². The van der Waals surface area contributed by atoms with Gasteiger partial charge >= 0.3 is 6.09 Å². The number of amides is 2. The minimum atomic E-state index is -0.654. The van der Waals surface area contributed by atoms with Gasteiger partial charge in [0, 0.05) is 0 Å². The fourth-order valence-electron chi connectivity index (χ4n) is 1.90. The number of ether oxygens (including phenoxy) is 1. The third-order valence-electron chi connectivity index (χ3n) is 2.93. The van der Waals surface area contributed by atoms with E-state index in [1.165, 1.54) is 12.0 Å². The van der Waals surface area contributed by atoms with E-state index >= 15 is 0 Å². The summed E-state index contributed by atoms with van der Waals surface area (Å²) in [6.45, 7) is 5.68. The highest BCUT2D eigenvalue weighted by Gasteiger charge is 2.33. The molecule has 2 unspecified atom stereocenters. The zero-order valence-corrected chi connectivity index (χ0v) is 11.1. The van der Waals surface area contributed by atoms with E-state index in [0.717, 1.165) is 0 Å². The van der Waals surface area contributed by atoms with Crippen LogP contribution in [0.2, 0.25) is 0 Å². The van der Waals surface area contributed by atoms with Gasteiger partial charge in [-0.05, 0) is 18.9 Å². The van der Waals surface area contributed by atoms with Crippen molar-refractivity contribution in [2.45, 2.75) is 32.9 Å². The number of aliphatic hydroxyl groups is 1. The van der Waals surface area contributed by atoms with Crippen molar-refractivity contribution < 1.29 is 19.4 Å². The molecule has 0 bridgehead atoms. The number of carbonyl (C=O) groups excluding carboxylic acids is 2. The van der Waals surface area contributed by atoms with Crippen LogP contribution in [0.5, 0.6) is 0 Å².